The van der Waals surface area contributed by atoms with Crippen molar-refractivity contribution in [2.24, 2.45) is 5.92 Å². The monoisotopic (exact) mass is 218 g/mol. The molecule has 1 aliphatic carbocycles. The van der Waals surface area contributed by atoms with E-state index in [2.05, 4.69) is 19.1 Å². The molecule has 0 atom stereocenters. The lowest BCUT2D eigenvalue weighted by molar-refractivity contribution is 0.308. The fourth-order valence-corrected chi connectivity index (χ4v) is 2.94. The van der Waals surface area contributed by atoms with Crippen LogP contribution >= 0.6 is 0 Å². The molecule has 0 radical (unpaired) electrons. The fourth-order valence-electron chi connectivity index (χ4n) is 2.94. The summed E-state index contributed by atoms with van der Waals surface area (Å²) in [6, 6.07) is 7.79. The average molecular weight is 218 g/mol. The van der Waals surface area contributed by atoms with Crippen LogP contribution in [0.3, 0.4) is 0 Å². The Hall–Kier alpha value is -0.980. The first-order valence-corrected chi connectivity index (χ1v) is 6.58. The highest BCUT2D eigenvalue weighted by molar-refractivity contribution is 5.28. The highest BCUT2D eigenvalue weighted by atomic mass is 16.3. The number of phenolic OH excluding ortho intramolecular Hbond substituents is 1. The molecule has 0 heterocycles. The molecule has 0 saturated heterocycles. The number of aromatic hydroxyl groups is 1. The molecule has 0 spiro atoms. The van der Waals surface area contributed by atoms with Crippen molar-refractivity contribution in [2.75, 3.05) is 0 Å². The molecule has 16 heavy (non-hydrogen) atoms. The summed E-state index contributed by atoms with van der Waals surface area (Å²) in [7, 11) is 0. The van der Waals surface area contributed by atoms with Crippen LogP contribution in [0.15, 0.2) is 24.3 Å². The normalized spacial score (nSPS) is 25.6. The lowest BCUT2D eigenvalue weighted by Gasteiger charge is -2.28. The Balaban J connectivity index is 1.91. The van der Waals surface area contributed by atoms with Crippen molar-refractivity contribution in [3.8, 4) is 5.75 Å². The molecule has 1 nitrogen and oxygen atoms in total. The quantitative estimate of drug-likeness (QED) is 0.793. The van der Waals surface area contributed by atoms with Gasteiger partial charge in [0.05, 0.1) is 0 Å². The average Bonchev–Trinajstić information content (AvgIpc) is 2.32. The zero-order chi connectivity index (χ0) is 11.4. The lowest BCUT2D eigenvalue weighted by atomic mass is 9.77. The van der Waals surface area contributed by atoms with Gasteiger partial charge in [-0.1, -0.05) is 31.9 Å². The first kappa shape index (κ1) is 11.5. The van der Waals surface area contributed by atoms with E-state index >= 15 is 0 Å². The zero-order valence-electron chi connectivity index (χ0n) is 10.2. The van der Waals surface area contributed by atoms with E-state index in [0.29, 0.717) is 5.75 Å². The summed E-state index contributed by atoms with van der Waals surface area (Å²) in [4.78, 5) is 0. The lowest BCUT2D eigenvalue weighted by Crippen LogP contribution is -2.13. The van der Waals surface area contributed by atoms with Crippen molar-refractivity contribution in [2.45, 2.75) is 51.4 Å². The third-order valence-electron chi connectivity index (χ3n) is 3.91. The summed E-state index contributed by atoms with van der Waals surface area (Å²) >= 11 is 0. The summed E-state index contributed by atoms with van der Waals surface area (Å²) < 4.78 is 0. The summed E-state index contributed by atoms with van der Waals surface area (Å²) in [6.07, 6.45) is 8.17. The molecular weight excluding hydrogens is 196 g/mol. The standard InChI is InChI=1S/C15H22O/c1-2-3-12-4-6-13(7-5-12)14-8-10-15(16)11-9-14/h8-13,16H,2-7H2,1H3/t12-,13-. The summed E-state index contributed by atoms with van der Waals surface area (Å²) in [5, 5.41) is 9.27. The van der Waals surface area contributed by atoms with Crippen molar-refractivity contribution >= 4 is 0 Å². The van der Waals surface area contributed by atoms with E-state index < -0.39 is 0 Å². The smallest absolute Gasteiger partial charge is 0.115 e. The van der Waals surface area contributed by atoms with Gasteiger partial charge < -0.3 is 5.11 Å². The van der Waals surface area contributed by atoms with Crippen LogP contribution in [0.4, 0.5) is 0 Å². The SMILES string of the molecule is CCC[C@H]1CC[C@H](c2ccc(O)cc2)CC1. The van der Waals surface area contributed by atoms with Crippen molar-refractivity contribution in [1.29, 1.82) is 0 Å². The van der Waals surface area contributed by atoms with Gasteiger partial charge in [0.15, 0.2) is 0 Å². The van der Waals surface area contributed by atoms with E-state index in [9.17, 15) is 5.11 Å². The van der Waals surface area contributed by atoms with Gasteiger partial charge >= 0.3 is 0 Å². The Kier molecular flexibility index (Phi) is 3.87. The predicted molar refractivity (Wildman–Crippen MR) is 67.7 cm³/mol. The van der Waals surface area contributed by atoms with Gasteiger partial charge in [-0.25, -0.2) is 0 Å². The van der Waals surface area contributed by atoms with Gasteiger partial charge in [-0.3, -0.25) is 0 Å². The van der Waals surface area contributed by atoms with Gasteiger partial charge in [0, 0.05) is 0 Å². The number of phenols is 1. The maximum absolute atomic E-state index is 9.27. The number of hydrogen-bond donors (Lipinski definition) is 1. The molecule has 1 heteroatoms. The predicted octanol–water partition coefficient (Wildman–Crippen LogP) is 4.47. The molecule has 0 bridgehead atoms. The van der Waals surface area contributed by atoms with Crippen LogP contribution in [0.2, 0.25) is 0 Å². The second-order valence-electron chi connectivity index (χ2n) is 5.10. The van der Waals surface area contributed by atoms with E-state index in [1.165, 1.54) is 44.1 Å². The van der Waals surface area contributed by atoms with Crippen LogP contribution in [0, 0.1) is 5.92 Å². The van der Waals surface area contributed by atoms with Gasteiger partial charge in [-0.05, 0) is 55.2 Å². The van der Waals surface area contributed by atoms with Crippen LogP contribution < -0.4 is 0 Å². The van der Waals surface area contributed by atoms with Crippen molar-refractivity contribution in [3.63, 3.8) is 0 Å². The Morgan fingerprint density at radius 1 is 1.06 bits per heavy atom. The van der Waals surface area contributed by atoms with Crippen LogP contribution in [0.5, 0.6) is 5.75 Å². The summed E-state index contributed by atoms with van der Waals surface area (Å²) in [6.45, 7) is 2.28. The molecule has 1 N–H and O–H groups in total. The highest BCUT2D eigenvalue weighted by Gasteiger charge is 2.21. The van der Waals surface area contributed by atoms with E-state index in [4.69, 9.17) is 0 Å². The Labute approximate surface area is 98.5 Å². The van der Waals surface area contributed by atoms with Crippen molar-refractivity contribution in [1.82, 2.24) is 0 Å². The molecule has 2 rings (SSSR count). The second-order valence-corrected chi connectivity index (χ2v) is 5.10. The fraction of sp³-hybridized carbons (Fsp3) is 0.600. The van der Waals surface area contributed by atoms with Crippen LogP contribution in [0.25, 0.3) is 0 Å². The third kappa shape index (κ3) is 2.78. The molecule has 1 aromatic rings. The minimum absolute atomic E-state index is 0.378. The van der Waals surface area contributed by atoms with Gasteiger partial charge in [0.2, 0.25) is 0 Å². The topological polar surface area (TPSA) is 20.2 Å². The number of hydrogen-bond acceptors (Lipinski definition) is 1. The van der Waals surface area contributed by atoms with Crippen molar-refractivity contribution < 1.29 is 5.11 Å². The molecule has 1 aromatic carbocycles. The summed E-state index contributed by atoms with van der Waals surface area (Å²) in [5.41, 5.74) is 1.41. The minimum atomic E-state index is 0.378. The first-order valence-electron chi connectivity index (χ1n) is 6.58. The Morgan fingerprint density at radius 2 is 1.69 bits per heavy atom. The van der Waals surface area contributed by atoms with Crippen LogP contribution in [0.1, 0.15) is 56.9 Å². The molecule has 0 unspecified atom stereocenters. The Bertz CT molecular complexity index is 307. The molecule has 1 aliphatic rings. The third-order valence-corrected chi connectivity index (χ3v) is 3.91. The molecule has 1 saturated carbocycles. The minimum Gasteiger partial charge on any atom is -0.508 e. The van der Waals surface area contributed by atoms with Crippen LogP contribution in [-0.4, -0.2) is 5.11 Å². The molecule has 0 amide bonds. The van der Waals surface area contributed by atoms with Crippen LogP contribution in [-0.2, 0) is 0 Å². The maximum atomic E-state index is 9.27. The number of rotatable bonds is 3. The first-order chi connectivity index (χ1) is 7.79. The van der Waals surface area contributed by atoms with Gasteiger partial charge in [-0.15, -0.1) is 0 Å². The molecule has 1 fully saturated rings. The molecular formula is C15H22O. The largest absolute Gasteiger partial charge is 0.508 e. The number of benzene rings is 1. The van der Waals surface area contributed by atoms with Gasteiger partial charge in [0.1, 0.15) is 5.75 Å². The van der Waals surface area contributed by atoms with E-state index in [1.807, 2.05) is 12.1 Å². The highest BCUT2D eigenvalue weighted by Crippen LogP contribution is 2.37. The summed E-state index contributed by atoms with van der Waals surface area (Å²) in [5.74, 6) is 2.08. The maximum Gasteiger partial charge on any atom is 0.115 e. The van der Waals surface area contributed by atoms with Crippen molar-refractivity contribution in [3.05, 3.63) is 29.8 Å². The van der Waals surface area contributed by atoms with Gasteiger partial charge in [0.25, 0.3) is 0 Å². The van der Waals surface area contributed by atoms with E-state index in [0.717, 1.165) is 11.8 Å². The zero-order valence-corrected chi connectivity index (χ0v) is 10.2. The second kappa shape index (κ2) is 5.38. The van der Waals surface area contributed by atoms with E-state index in [1.54, 1.807) is 0 Å². The molecule has 0 aliphatic heterocycles. The molecule has 88 valence electrons. The van der Waals surface area contributed by atoms with E-state index in [-0.39, 0.29) is 0 Å². The Morgan fingerprint density at radius 3 is 2.25 bits per heavy atom. The molecule has 0 aromatic heterocycles. The van der Waals surface area contributed by atoms with Gasteiger partial charge in [-0.2, -0.15) is 0 Å².